The fraction of sp³-hybridized carbons (Fsp3) is 0.500. The van der Waals surface area contributed by atoms with Crippen molar-refractivity contribution >= 4 is 17.3 Å². The summed E-state index contributed by atoms with van der Waals surface area (Å²) in [4.78, 5) is 11.9. The highest BCUT2D eigenvalue weighted by molar-refractivity contribution is 7.07. The molecule has 0 aromatic carbocycles. The molecule has 2 heterocycles. The molecule has 0 spiro atoms. The molecule has 0 unspecified atom stereocenters. The average molecular weight is 291 g/mol. The molecule has 0 atom stereocenters. The first-order valence-corrected chi connectivity index (χ1v) is 7.85. The molecule has 2 aromatic rings. The summed E-state index contributed by atoms with van der Waals surface area (Å²) in [6.45, 7) is 2.93. The van der Waals surface area contributed by atoms with E-state index in [1.54, 1.807) is 18.3 Å². The number of aryl methyl sites for hydroxylation is 2. The first-order chi connectivity index (χ1) is 9.79. The van der Waals surface area contributed by atoms with Crippen molar-refractivity contribution in [2.24, 2.45) is 0 Å². The van der Waals surface area contributed by atoms with Gasteiger partial charge in [0, 0.05) is 12.5 Å². The maximum absolute atomic E-state index is 11.9. The normalized spacial score (nSPS) is 14.4. The second-order valence-electron chi connectivity index (χ2n) is 4.92. The highest BCUT2D eigenvalue weighted by Crippen LogP contribution is 2.41. The number of hydrogen-bond acceptors (Lipinski definition) is 5. The molecule has 20 heavy (non-hydrogen) atoms. The van der Waals surface area contributed by atoms with Crippen molar-refractivity contribution in [3.8, 4) is 0 Å². The van der Waals surface area contributed by atoms with Gasteiger partial charge in [0.2, 0.25) is 0 Å². The van der Waals surface area contributed by atoms with E-state index < -0.39 is 0 Å². The number of thiophene rings is 1. The van der Waals surface area contributed by atoms with E-state index in [0.29, 0.717) is 18.2 Å². The van der Waals surface area contributed by atoms with E-state index in [4.69, 9.17) is 4.74 Å². The number of rotatable bonds is 6. The topological polar surface area (TPSA) is 57.0 Å². The van der Waals surface area contributed by atoms with E-state index >= 15 is 0 Å². The zero-order chi connectivity index (χ0) is 13.9. The molecule has 106 valence electrons. The summed E-state index contributed by atoms with van der Waals surface area (Å²) in [5.41, 5.74) is 2.66. The van der Waals surface area contributed by atoms with Gasteiger partial charge in [-0.2, -0.15) is 11.3 Å². The Hall–Kier alpha value is -1.69. The third-order valence-corrected chi connectivity index (χ3v) is 4.13. The van der Waals surface area contributed by atoms with Crippen LogP contribution in [0.25, 0.3) is 0 Å². The number of hydrogen-bond donors (Lipinski definition) is 0. The minimum Gasteiger partial charge on any atom is -0.461 e. The van der Waals surface area contributed by atoms with Gasteiger partial charge in [0.05, 0.1) is 12.3 Å². The van der Waals surface area contributed by atoms with E-state index in [0.717, 1.165) is 31.5 Å². The maximum Gasteiger partial charge on any atom is 0.360 e. The van der Waals surface area contributed by atoms with Gasteiger partial charge in [-0.3, -0.25) is 0 Å². The number of carbonyl (C=O) groups is 1. The molecule has 0 amide bonds. The zero-order valence-electron chi connectivity index (χ0n) is 11.4. The van der Waals surface area contributed by atoms with Crippen LogP contribution in [0.4, 0.5) is 0 Å². The Morgan fingerprint density at radius 3 is 3.05 bits per heavy atom. The molecule has 3 rings (SSSR count). The predicted molar refractivity (Wildman–Crippen MR) is 76.0 cm³/mol. The minimum absolute atomic E-state index is 0.351. The molecule has 2 aromatic heterocycles. The van der Waals surface area contributed by atoms with Crippen LogP contribution < -0.4 is 0 Å². The highest BCUT2D eigenvalue weighted by atomic mass is 32.1. The third kappa shape index (κ3) is 2.75. The lowest BCUT2D eigenvalue weighted by Gasteiger charge is -2.06. The summed E-state index contributed by atoms with van der Waals surface area (Å²) >= 11 is 1.69. The molecule has 0 bridgehead atoms. The smallest absolute Gasteiger partial charge is 0.360 e. The highest BCUT2D eigenvalue weighted by Gasteiger charge is 2.34. The molecule has 0 saturated heterocycles. The van der Waals surface area contributed by atoms with Crippen molar-refractivity contribution in [3.63, 3.8) is 0 Å². The molecule has 1 fully saturated rings. The van der Waals surface area contributed by atoms with E-state index in [1.165, 1.54) is 5.56 Å². The predicted octanol–water partition coefficient (Wildman–Crippen LogP) is 2.64. The number of esters is 1. The third-order valence-electron chi connectivity index (χ3n) is 3.40. The Morgan fingerprint density at radius 2 is 2.40 bits per heavy atom. The summed E-state index contributed by atoms with van der Waals surface area (Å²) in [6.07, 6.45) is 3.13. The molecular weight excluding hydrogens is 274 g/mol. The molecule has 0 aliphatic heterocycles. The summed E-state index contributed by atoms with van der Waals surface area (Å²) in [5, 5.41) is 12.4. The van der Waals surface area contributed by atoms with Gasteiger partial charge in [-0.05, 0) is 48.6 Å². The largest absolute Gasteiger partial charge is 0.461 e. The first-order valence-electron chi connectivity index (χ1n) is 6.91. The number of nitrogens with zero attached hydrogens (tertiary/aromatic N) is 3. The van der Waals surface area contributed by atoms with Crippen LogP contribution in [0.5, 0.6) is 0 Å². The van der Waals surface area contributed by atoms with Crippen LogP contribution in [0, 0.1) is 0 Å². The van der Waals surface area contributed by atoms with Gasteiger partial charge in [0.25, 0.3) is 0 Å². The Bertz CT molecular complexity index is 588. The van der Waals surface area contributed by atoms with Crippen LogP contribution in [-0.2, 0) is 17.7 Å². The number of carbonyl (C=O) groups excluding carboxylic acids is 1. The van der Waals surface area contributed by atoms with E-state index in [1.807, 2.05) is 4.68 Å². The van der Waals surface area contributed by atoms with Gasteiger partial charge in [-0.25, -0.2) is 9.48 Å². The molecule has 6 heteroatoms. The molecule has 1 aliphatic carbocycles. The maximum atomic E-state index is 11.9. The van der Waals surface area contributed by atoms with Crippen molar-refractivity contribution in [3.05, 3.63) is 33.8 Å². The summed E-state index contributed by atoms with van der Waals surface area (Å²) < 4.78 is 6.93. The Morgan fingerprint density at radius 1 is 1.55 bits per heavy atom. The molecule has 0 radical (unpaired) electrons. The van der Waals surface area contributed by atoms with Crippen LogP contribution >= 0.6 is 11.3 Å². The van der Waals surface area contributed by atoms with Crippen molar-refractivity contribution in [2.45, 2.75) is 38.6 Å². The van der Waals surface area contributed by atoms with Crippen molar-refractivity contribution in [2.75, 3.05) is 6.61 Å². The lowest BCUT2D eigenvalue weighted by molar-refractivity contribution is 0.0518. The lowest BCUT2D eigenvalue weighted by atomic mass is 10.2. The van der Waals surface area contributed by atoms with E-state index in [9.17, 15) is 4.79 Å². The van der Waals surface area contributed by atoms with Gasteiger partial charge >= 0.3 is 5.97 Å². The monoisotopic (exact) mass is 291 g/mol. The standard InChI is InChI=1S/C14H17N3O2S/c1-2-19-14(18)12-13(11-3-4-11)17(16-15-12)7-5-10-6-8-20-9-10/h6,8-9,11H,2-5,7H2,1H3. The fourth-order valence-electron chi connectivity index (χ4n) is 2.26. The molecular formula is C14H17N3O2S. The Balaban J connectivity index is 1.78. The quantitative estimate of drug-likeness (QED) is 0.768. The molecule has 5 nitrogen and oxygen atoms in total. The van der Waals surface area contributed by atoms with Gasteiger partial charge in [-0.15, -0.1) is 5.10 Å². The second kappa shape index (κ2) is 5.75. The van der Waals surface area contributed by atoms with Gasteiger partial charge in [0.15, 0.2) is 5.69 Å². The second-order valence-corrected chi connectivity index (χ2v) is 5.70. The summed E-state index contributed by atoms with van der Waals surface area (Å²) in [5.74, 6) is 0.0723. The Labute approximate surface area is 121 Å². The summed E-state index contributed by atoms with van der Waals surface area (Å²) in [7, 11) is 0. The van der Waals surface area contributed by atoms with Gasteiger partial charge in [0.1, 0.15) is 0 Å². The zero-order valence-corrected chi connectivity index (χ0v) is 12.2. The van der Waals surface area contributed by atoms with Crippen LogP contribution in [-0.4, -0.2) is 27.6 Å². The molecule has 0 N–H and O–H groups in total. The first kappa shape index (κ1) is 13.3. The van der Waals surface area contributed by atoms with Crippen LogP contribution in [0.3, 0.4) is 0 Å². The average Bonchev–Trinajstić information content (AvgIpc) is 3.00. The molecule has 1 aliphatic rings. The minimum atomic E-state index is -0.351. The molecule has 1 saturated carbocycles. The van der Waals surface area contributed by atoms with Gasteiger partial charge in [-0.1, -0.05) is 5.21 Å². The van der Waals surface area contributed by atoms with Crippen molar-refractivity contribution in [1.29, 1.82) is 0 Å². The van der Waals surface area contributed by atoms with Crippen molar-refractivity contribution < 1.29 is 9.53 Å². The number of ether oxygens (including phenoxy) is 1. The number of aromatic nitrogens is 3. The van der Waals surface area contributed by atoms with Crippen LogP contribution in [0.2, 0.25) is 0 Å². The van der Waals surface area contributed by atoms with E-state index in [-0.39, 0.29) is 5.97 Å². The van der Waals surface area contributed by atoms with Crippen LogP contribution in [0.1, 0.15) is 47.4 Å². The summed E-state index contributed by atoms with van der Waals surface area (Å²) in [6, 6.07) is 2.12. The Kier molecular flexibility index (Phi) is 3.82. The van der Waals surface area contributed by atoms with E-state index in [2.05, 4.69) is 27.1 Å². The van der Waals surface area contributed by atoms with Crippen LogP contribution in [0.15, 0.2) is 16.8 Å². The van der Waals surface area contributed by atoms with Crippen molar-refractivity contribution in [1.82, 2.24) is 15.0 Å². The fourth-order valence-corrected chi connectivity index (χ4v) is 2.96. The SMILES string of the molecule is CCOC(=O)c1nnn(CCc2ccsc2)c1C1CC1. The lowest BCUT2D eigenvalue weighted by Crippen LogP contribution is -2.11. The van der Waals surface area contributed by atoms with Gasteiger partial charge < -0.3 is 4.74 Å².